The first kappa shape index (κ1) is 26.8. The first-order valence-corrected chi connectivity index (χ1v) is 6.40. The van der Waals surface area contributed by atoms with Gasteiger partial charge in [0.05, 0.1) is 0 Å². The molecule has 17 heteroatoms. The molecule has 28 heavy (non-hydrogen) atoms. The number of halogens is 17. The normalized spacial score (nSPS) is 17.2. The van der Waals surface area contributed by atoms with Crippen molar-refractivity contribution in [3.8, 4) is 0 Å². The standard InChI is InChI=1S/C11H6F17/c1-2-3(12)5(15,16)7(19,20)9(23,24)11(27,28)10(25,26)8(21,22)6(17,18)4(13)14/h3H,2H2,1H3. The first-order valence-electron chi connectivity index (χ1n) is 6.40. The van der Waals surface area contributed by atoms with Crippen LogP contribution >= 0.6 is 0 Å². The van der Waals surface area contributed by atoms with Crippen molar-refractivity contribution < 1.29 is 74.6 Å². The van der Waals surface area contributed by atoms with Crippen molar-refractivity contribution in [1.29, 1.82) is 0 Å². The van der Waals surface area contributed by atoms with Gasteiger partial charge >= 0.3 is 47.9 Å². The van der Waals surface area contributed by atoms with Crippen molar-refractivity contribution in [1.82, 2.24) is 0 Å². The molecule has 0 amide bonds. The Balaban J connectivity index is 6.63. The summed E-state index contributed by atoms with van der Waals surface area (Å²) in [6.45, 7) is 0.272. The SMILES string of the molecule is CCC(F)C(F)(F)C(F)(F)C(F)(F)C(F)(F)C(F)(F)C(F)(F)C(F)(F)[C](F)F. The number of hydrogen-bond acceptors (Lipinski definition) is 0. The van der Waals surface area contributed by atoms with E-state index in [1.54, 1.807) is 0 Å². The summed E-state index contributed by atoms with van der Waals surface area (Å²) in [4.78, 5) is 0. The lowest BCUT2D eigenvalue weighted by Gasteiger charge is -2.42. The van der Waals surface area contributed by atoms with Gasteiger partial charge < -0.3 is 0 Å². The Morgan fingerprint density at radius 3 is 1.14 bits per heavy atom. The Morgan fingerprint density at radius 1 is 0.571 bits per heavy atom. The molecule has 0 N–H and O–H groups in total. The van der Waals surface area contributed by atoms with E-state index in [1.165, 1.54) is 0 Å². The van der Waals surface area contributed by atoms with Gasteiger partial charge in [-0.3, -0.25) is 0 Å². The van der Waals surface area contributed by atoms with Crippen LogP contribution in [0.3, 0.4) is 0 Å². The minimum Gasteiger partial charge on any atom is -0.241 e. The summed E-state index contributed by atoms with van der Waals surface area (Å²) in [6.07, 6.45) is -11.2. The number of rotatable bonds is 9. The Bertz CT molecular complexity index is 547. The molecule has 0 spiro atoms. The third kappa shape index (κ3) is 3.15. The predicted octanol–water partition coefficient (Wildman–Crippen LogP) is 6.61. The molecule has 0 bridgehead atoms. The molecule has 1 radical (unpaired) electrons. The highest BCUT2D eigenvalue weighted by atomic mass is 19.4. The molecule has 1 unspecified atom stereocenters. The van der Waals surface area contributed by atoms with E-state index in [1.807, 2.05) is 0 Å². The summed E-state index contributed by atoms with van der Waals surface area (Å²) in [5, 5.41) is 0. The van der Waals surface area contributed by atoms with E-state index < -0.39 is 60.5 Å². The van der Waals surface area contributed by atoms with E-state index in [-0.39, 0.29) is 6.92 Å². The maximum atomic E-state index is 13.2. The average molecular weight is 461 g/mol. The summed E-state index contributed by atoms with van der Waals surface area (Å²) in [5.41, 5.74) is 0. The fourth-order valence-electron chi connectivity index (χ4n) is 1.57. The fourth-order valence-corrected chi connectivity index (χ4v) is 1.57. The zero-order chi connectivity index (χ0) is 23.4. The van der Waals surface area contributed by atoms with Gasteiger partial charge in [-0.1, -0.05) is 6.92 Å². The zero-order valence-corrected chi connectivity index (χ0v) is 12.7. The van der Waals surface area contributed by atoms with Crippen LogP contribution < -0.4 is 0 Å². The lowest BCUT2D eigenvalue weighted by Crippen LogP contribution is -2.74. The molecule has 0 fully saturated rings. The molecule has 0 saturated carbocycles. The molecule has 169 valence electrons. The third-order valence-electron chi connectivity index (χ3n) is 3.38. The Hall–Kier alpha value is -1.19. The summed E-state index contributed by atoms with van der Waals surface area (Å²) >= 11 is 0. The molecule has 0 rings (SSSR count). The van der Waals surface area contributed by atoms with Gasteiger partial charge in [0.15, 0.2) is 6.17 Å². The second-order valence-electron chi connectivity index (χ2n) is 5.21. The van der Waals surface area contributed by atoms with E-state index in [0.29, 0.717) is 0 Å². The van der Waals surface area contributed by atoms with Crippen molar-refractivity contribution in [2.75, 3.05) is 0 Å². The van der Waals surface area contributed by atoms with Gasteiger partial charge in [0.2, 0.25) is 0 Å². The summed E-state index contributed by atoms with van der Waals surface area (Å²) in [6, 6.07) is 0. The third-order valence-corrected chi connectivity index (χ3v) is 3.38. The van der Waals surface area contributed by atoms with Crippen LogP contribution in [0.25, 0.3) is 0 Å². The molecule has 0 aromatic rings. The van der Waals surface area contributed by atoms with Crippen LogP contribution in [0.15, 0.2) is 0 Å². The van der Waals surface area contributed by atoms with Crippen LogP contribution in [0, 0.1) is 6.43 Å². The Morgan fingerprint density at radius 2 is 0.857 bits per heavy atom. The Kier molecular flexibility index (Phi) is 6.65. The van der Waals surface area contributed by atoms with Crippen LogP contribution in [0.4, 0.5) is 74.6 Å². The lowest BCUT2D eigenvalue weighted by atomic mass is 9.88. The highest BCUT2D eigenvalue weighted by molar-refractivity contribution is 5.16. The van der Waals surface area contributed by atoms with Crippen LogP contribution in [0.5, 0.6) is 0 Å². The molecule has 0 nitrogen and oxygen atoms in total. The highest BCUT2D eigenvalue weighted by Crippen LogP contribution is 2.63. The summed E-state index contributed by atoms with van der Waals surface area (Å²) in [7, 11) is 0. The largest absolute Gasteiger partial charge is 0.385 e. The number of alkyl halides is 15. The molecular weight excluding hydrogens is 455 g/mol. The molecular formula is C11H6F17. The quantitative estimate of drug-likeness (QED) is 0.339. The van der Waals surface area contributed by atoms with Gasteiger partial charge in [0.25, 0.3) is 0 Å². The second kappa shape index (κ2) is 6.95. The summed E-state index contributed by atoms with van der Waals surface area (Å²) in [5.74, 6) is -55.8. The van der Waals surface area contributed by atoms with Gasteiger partial charge in [0.1, 0.15) is 0 Å². The molecule has 0 aliphatic carbocycles. The van der Waals surface area contributed by atoms with E-state index in [4.69, 9.17) is 0 Å². The van der Waals surface area contributed by atoms with E-state index in [2.05, 4.69) is 0 Å². The molecule has 0 aliphatic rings. The van der Waals surface area contributed by atoms with Gasteiger partial charge in [-0.15, -0.1) is 0 Å². The van der Waals surface area contributed by atoms with Gasteiger partial charge in [0, 0.05) is 0 Å². The number of hydrogen-bond donors (Lipinski definition) is 0. The van der Waals surface area contributed by atoms with E-state index >= 15 is 0 Å². The molecule has 0 aromatic carbocycles. The van der Waals surface area contributed by atoms with Crippen LogP contribution in [0.2, 0.25) is 0 Å². The maximum Gasteiger partial charge on any atom is 0.385 e. The maximum absolute atomic E-state index is 13.2. The topological polar surface area (TPSA) is 0 Å². The highest BCUT2D eigenvalue weighted by Gasteiger charge is 2.94. The molecule has 1 atom stereocenters. The predicted molar refractivity (Wildman–Crippen MR) is 55.3 cm³/mol. The molecule has 0 aromatic heterocycles. The second-order valence-corrected chi connectivity index (χ2v) is 5.21. The zero-order valence-electron chi connectivity index (χ0n) is 12.7. The molecule has 0 aliphatic heterocycles. The van der Waals surface area contributed by atoms with Crippen molar-refractivity contribution in [2.45, 2.75) is 61.0 Å². The average Bonchev–Trinajstić information content (AvgIpc) is 2.52. The lowest BCUT2D eigenvalue weighted by molar-refractivity contribution is -0.445. The van der Waals surface area contributed by atoms with Crippen LogP contribution in [0.1, 0.15) is 13.3 Å². The van der Waals surface area contributed by atoms with Crippen molar-refractivity contribution in [3.63, 3.8) is 0 Å². The van der Waals surface area contributed by atoms with Gasteiger partial charge in [-0.25, -0.2) is 4.39 Å². The molecule has 0 heterocycles. The van der Waals surface area contributed by atoms with Crippen LogP contribution in [-0.4, -0.2) is 47.6 Å². The first-order chi connectivity index (χ1) is 11.9. The Labute approximate surface area is 143 Å². The van der Waals surface area contributed by atoms with Gasteiger partial charge in [-0.2, -0.15) is 70.2 Å². The fraction of sp³-hybridized carbons (Fsp3) is 0.909. The van der Waals surface area contributed by atoms with Gasteiger partial charge in [-0.05, 0) is 6.42 Å². The minimum absolute atomic E-state index is 0.272. The van der Waals surface area contributed by atoms with E-state index in [0.717, 1.165) is 0 Å². The smallest absolute Gasteiger partial charge is 0.241 e. The van der Waals surface area contributed by atoms with Crippen molar-refractivity contribution in [3.05, 3.63) is 6.43 Å². The van der Waals surface area contributed by atoms with Crippen molar-refractivity contribution >= 4 is 0 Å². The minimum atomic E-state index is -8.50. The molecule has 0 saturated heterocycles. The summed E-state index contributed by atoms with van der Waals surface area (Å²) < 4.78 is 218. The van der Waals surface area contributed by atoms with Crippen LogP contribution in [-0.2, 0) is 0 Å². The monoisotopic (exact) mass is 461 g/mol. The van der Waals surface area contributed by atoms with Crippen molar-refractivity contribution in [2.24, 2.45) is 0 Å². The van der Waals surface area contributed by atoms with E-state index in [9.17, 15) is 74.6 Å².